The summed E-state index contributed by atoms with van der Waals surface area (Å²) >= 11 is 1.51. The molecule has 0 amide bonds. The minimum absolute atomic E-state index is 0.0868. The van der Waals surface area contributed by atoms with E-state index < -0.39 is 20.0 Å². The molecule has 8 nitrogen and oxygen atoms in total. The second kappa shape index (κ2) is 8.92. The number of thioether (sulfide) groups is 1. The van der Waals surface area contributed by atoms with E-state index in [1.54, 1.807) is 12.1 Å². The Hall–Kier alpha value is -1.79. The molecule has 11 heteroatoms. The van der Waals surface area contributed by atoms with Gasteiger partial charge in [0.25, 0.3) is 10.0 Å². The van der Waals surface area contributed by atoms with E-state index in [-0.39, 0.29) is 34.3 Å². The lowest BCUT2D eigenvalue weighted by atomic mass is 10.3. The van der Waals surface area contributed by atoms with Crippen molar-refractivity contribution in [2.75, 3.05) is 44.4 Å². The Kier molecular flexibility index (Phi) is 6.74. The fraction of sp³-hybridized carbons (Fsp3) is 0.333. The molecule has 29 heavy (non-hydrogen) atoms. The molecule has 1 heterocycles. The van der Waals surface area contributed by atoms with Crippen LogP contribution in [0, 0.1) is 0 Å². The Morgan fingerprint density at radius 2 is 1.69 bits per heavy atom. The first-order valence-electron chi connectivity index (χ1n) is 8.71. The lowest BCUT2D eigenvalue weighted by molar-refractivity contribution is 0.0729. The molecule has 0 spiro atoms. The predicted molar refractivity (Wildman–Crippen MR) is 112 cm³/mol. The normalized spacial score (nSPS) is 15.8. The number of anilines is 1. The summed E-state index contributed by atoms with van der Waals surface area (Å²) in [4.78, 5) is 0.927. The molecule has 0 aromatic heterocycles. The van der Waals surface area contributed by atoms with Crippen LogP contribution in [0.1, 0.15) is 0 Å². The third-order valence-corrected chi connectivity index (χ3v) is 8.43. The summed E-state index contributed by atoms with van der Waals surface area (Å²) in [6.07, 6.45) is 1.90. The monoisotopic (exact) mass is 458 g/mol. The number of hydrogen-bond acceptors (Lipinski definition) is 7. The van der Waals surface area contributed by atoms with Crippen LogP contribution in [0.5, 0.6) is 5.75 Å². The SMILES string of the molecule is COc1ccc(NS(=O)(=O)c2ccc(SC)cc2)cc1S(=O)(=O)N1CCOCC1. The van der Waals surface area contributed by atoms with E-state index in [9.17, 15) is 16.8 Å². The topological polar surface area (TPSA) is 102 Å². The number of morpholine rings is 1. The number of benzene rings is 2. The molecule has 2 aromatic rings. The van der Waals surface area contributed by atoms with Gasteiger partial charge >= 0.3 is 0 Å². The van der Waals surface area contributed by atoms with Crippen molar-refractivity contribution in [3.05, 3.63) is 42.5 Å². The van der Waals surface area contributed by atoms with E-state index in [1.807, 2.05) is 6.26 Å². The average molecular weight is 459 g/mol. The summed E-state index contributed by atoms with van der Waals surface area (Å²) in [6, 6.07) is 10.6. The van der Waals surface area contributed by atoms with Crippen molar-refractivity contribution >= 4 is 37.5 Å². The lowest BCUT2D eigenvalue weighted by Gasteiger charge is -2.26. The summed E-state index contributed by atoms with van der Waals surface area (Å²) in [7, 11) is -6.37. The van der Waals surface area contributed by atoms with E-state index in [1.165, 1.54) is 53.5 Å². The first kappa shape index (κ1) is 21.9. The summed E-state index contributed by atoms with van der Waals surface area (Å²) in [5.74, 6) is 0.142. The van der Waals surface area contributed by atoms with Gasteiger partial charge in [-0.05, 0) is 48.7 Å². The van der Waals surface area contributed by atoms with Gasteiger partial charge in [0.15, 0.2) is 0 Å². The number of methoxy groups -OCH3 is 1. The van der Waals surface area contributed by atoms with E-state index >= 15 is 0 Å². The summed E-state index contributed by atoms with van der Waals surface area (Å²) < 4.78 is 65.6. The first-order valence-corrected chi connectivity index (χ1v) is 12.9. The van der Waals surface area contributed by atoms with Crippen molar-refractivity contribution in [2.24, 2.45) is 0 Å². The van der Waals surface area contributed by atoms with Crippen LogP contribution >= 0.6 is 11.8 Å². The molecule has 2 aromatic carbocycles. The van der Waals surface area contributed by atoms with Gasteiger partial charge in [0.1, 0.15) is 10.6 Å². The van der Waals surface area contributed by atoms with E-state index in [0.29, 0.717) is 13.2 Å². The smallest absolute Gasteiger partial charge is 0.261 e. The maximum Gasteiger partial charge on any atom is 0.261 e. The molecule has 0 atom stereocenters. The molecular weight excluding hydrogens is 436 g/mol. The average Bonchev–Trinajstić information content (AvgIpc) is 2.74. The van der Waals surface area contributed by atoms with Gasteiger partial charge in [0.05, 0.1) is 30.9 Å². The van der Waals surface area contributed by atoms with Crippen LogP contribution in [-0.2, 0) is 24.8 Å². The standard InChI is InChI=1S/C18H22N2O6S3/c1-25-17-8-3-14(13-18(17)29(23,24)20-9-11-26-12-10-20)19-28(21,22)16-6-4-15(27-2)5-7-16/h3-8,13,19H,9-12H2,1-2H3. The van der Waals surface area contributed by atoms with Crippen LogP contribution in [0.25, 0.3) is 0 Å². The molecule has 1 aliphatic heterocycles. The first-order chi connectivity index (χ1) is 13.8. The molecule has 0 saturated carbocycles. The molecular formula is C18H22N2O6S3. The number of hydrogen-bond donors (Lipinski definition) is 1. The van der Waals surface area contributed by atoms with E-state index in [2.05, 4.69) is 4.72 Å². The highest BCUT2D eigenvalue weighted by molar-refractivity contribution is 7.98. The third-order valence-electron chi connectivity index (χ3n) is 4.37. The van der Waals surface area contributed by atoms with Crippen molar-refractivity contribution in [1.29, 1.82) is 0 Å². The van der Waals surface area contributed by atoms with Crippen molar-refractivity contribution < 1.29 is 26.3 Å². The zero-order chi connectivity index (χ0) is 21.1. The number of nitrogens with one attached hydrogen (secondary N) is 1. The van der Waals surface area contributed by atoms with Crippen LogP contribution < -0.4 is 9.46 Å². The maximum absolute atomic E-state index is 13.0. The van der Waals surface area contributed by atoms with Gasteiger partial charge in [-0.1, -0.05) is 0 Å². The summed E-state index contributed by atoms with van der Waals surface area (Å²) in [5.41, 5.74) is 0.131. The zero-order valence-corrected chi connectivity index (χ0v) is 18.4. The fourth-order valence-electron chi connectivity index (χ4n) is 2.84. The molecule has 3 rings (SSSR count). The van der Waals surface area contributed by atoms with Crippen molar-refractivity contribution in [3.63, 3.8) is 0 Å². The Bertz CT molecular complexity index is 1060. The highest BCUT2D eigenvalue weighted by Crippen LogP contribution is 2.31. The van der Waals surface area contributed by atoms with Crippen molar-refractivity contribution in [2.45, 2.75) is 14.7 Å². The van der Waals surface area contributed by atoms with Gasteiger partial charge < -0.3 is 9.47 Å². The number of ether oxygens (including phenoxy) is 2. The minimum atomic E-state index is -3.87. The van der Waals surface area contributed by atoms with Crippen LogP contribution in [0.2, 0.25) is 0 Å². The van der Waals surface area contributed by atoms with Crippen LogP contribution in [0.15, 0.2) is 57.2 Å². The Morgan fingerprint density at radius 3 is 2.28 bits per heavy atom. The molecule has 1 fully saturated rings. The zero-order valence-electron chi connectivity index (χ0n) is 16.0. The largest absolute Gasteiger partial charge is 0.495 e. The Labute approximate surface area is 175 Å². The second-order valence-electron chi connectivity index (χ2n) is 6.16. The van der Waals surface area contributed by atoms with Gasteiger partial charge in [-0.25, -0.2) is 16.8 Å². The maximum atomic E-state index is 13.0. The minimum Gasteiger partial charge on any atom is -0.495 e. The molecule has 158 valence electrons. The van der Waals surface area contributed by atoms with Crippen LogP contribution in [0.4, 0.5) is 5.69 Å². The number of rotatable bonds is 7. The molecule has 0 radical (unpaired) electrons. The number of sulfonamides is 2. The third kappa shape index (κ3) is 4.86. The van der Waals surface area contributed by atoms with Gasteiger partial charge in [-0.2, -0.15) is 4.31 Å². The molecule has 0 unspecified atom stereocenters. The van der Waals surface area contributed by atoms with Gasteiger partial charge in [-0.3, -0.25) is 4.72 Å². The quantitative estimate of drug-likeness (QED) is 0.635. The number of nitrogens with zero attached hydrogens (tertiary/aromatic N) is 1. The molecule has 1 N–H and O–H groups in total. The highest BCUT2D eigenvalue weighted by atomic mass is 32.2. The van der Waals surface area contributed by atoms with Crippen molar-refractivity contribution in [1.82, 2.24) is 4.31 Å². The molecule has 0 aliphatic carbocycles. The summed E-state index contributed by atoms with van der Waals surface area (Å²) in [5, 5.41) is 0. The molecule has 0 bridgehead atoms. The Morgan fingerprint density at radius 1 is 1.03 bits per heavy atom. The van der Waals surface area contributed by atoms with Crippen LogP contribution in [-0.4, -0.2) is 60.8 Å². The molecule has 1 saturated heterocycles. The molecule has 1 aliphatic rings. The summed E-state index contributed by atoms with van der Waals surface area (Å²) in [6.45, 7) is 1.06. The van der Waals surface area contributed by atoms with E-state index in [4.69, 9.17) is 9.47 Å². The fourth-order valence-corrected chi connectivity index (χ4v) is 5.88. The van der Waals surface area contributed by atoms with Gasteiger partial charge in [-0.15, -0.1) is 11.8 Å². The van der Waals surface area contributed by atoms with E-state index in [0.717, 1.165) is 4.90 Å². The Balaban J connectivity index is 1.93. The van der Waals surface area contributed by atoms with Crippen LogP contribution in [0.3, 0.4) is 0 Å². The highest BCUT2D eigenvalue weighted by Gasteiger charge is 2.30. The van der Waals surface area contributed by atoms with Gasteiger partial charge in [0.2, 0.25) is 10.0 Å². The second-order valence-corrected chi connectivity index (χ2v) is 10.6. The van der Waals surface area contributed by atoms with Gasteiger partial charge in [0, 0.05) is 18.0 Å². The lowest BCUT2D eigenvalue weighted by Crippen LogP contribution is -2.40. The van der Waals surface area contributed by atoms with Crippen molar-refractivity contribution in [3.8, 4) is 5.75 Å². The predicted octanol–water partition coefficient (Wildman–Crippen LogP) is 2.24.